The lowest BCUT2D eigenvalue weighted by Gasteiger charge is -1.76. The second-order valence-corrected chi connectivity index (χ2v) is 1.38. The molecule has 0 spiro atoms. The zero-order chi connectivity index (χ0) is 4.41. The summed E-state index contributed by atoms with van der Waals surface area (Å²) >= 11 is 0. The quantitative estimate of drug-likeness (QED) is 0.437. The Morgan fingerprint density at radius 3 is 2.20 bits per heavy atom. The summed E-state index contributed by atoms with van der Waals surface area (Å²) in [6.07, 6.45) is 2.45. The van der Waals surface area contributed by atoms with Gasteiger partial charge in [0.25, 0.3) is 0 Å². The molecule has 1 N–H and O–H groups in total. The van der Waals surface area contributed by atoms with E-state index in [9.17, 15) is 0 Å². The zero-order valence-corrected chi connectivity index (χ0v) is 3.28. The highest BCUT2D eigenvalue weighted by atomic mass is 14.9. The molecule has 5 heavy (non-hydrogen) atoms. The van der Waals surface area contributed by atoms with Crippen molar-refractivity contribution in [1.29, 1.82) is 0 Å². The molecule has 0 aromatic heterocycles. The lowest BCUT2D eigenvalue weighted by molar-refractivity contribution is 0.857. The summed E-state index contributed by atoms with van der Waals surface area (Å²) in [5.74, 6) is 0. The van der Waals surface area contributed by atoms with Gasteiger partial charge < -0.3 is 5.31 Å². The molecule has 0 atom stereocenters. The SMILES string of the molecule is [3H]N1CCCC1. The van der Waals surface area contributed by atoms with Crippen LogP contribution in [0.25, 0.3) is 0 Å². The molecule has 1 saturated heterocycles. The maximum atomic E-state index is 6.97. The first kappa shape index (κ1) is 2.19. The number of hydrogen-bond acceptors (Lipinski definition) is 1. The van der Waals surface area contributed by atoms with Crippen LogP contribution in [0.15, 0.2) is 0 Å². The molecule has 1 fully saturated rings. The Balaban J connectivity index is 2.18. The van der Waals surface area contributed by atoms with Crippen LogP contribution >= 0.6 is 0 Å². The van der Waals surface area contributed by atoms with Crippen LogP contribution in [-0.4, -0.2) is 13.1 Å². The van der Waals surface area contributed by atoms with Gasteiger partial charge in [-0.3, -0.25) is 0 Å². The van der Waals surface area contributed by atoms with Gasteiger partial charge in [-0.15, -0.1) is 0 Å². The van der Waals surface area contributed by atoms with Crippen molar-refractivity contribution >= 4 is 0 Å². The Hall–Kier alpha value is -0.0400. The van der Waals surface area contributed by atoms with Gasteiger partial charge in [-0.2, -0.15) is 0 Å². The molecule has 1 heteroatoms. The van der Waals surface area contributed by atoms with Crippen molar-refractivity contribution in [1.82, 2.24) is 5.31 Å². The molecule has 0 aromatic rings. The van der Waals surface area contributed by atoms with E-state index in [0.717, 1.165) is 13.1 Å². The number of hydrogen-bond donors (Lipinski definition) is 1. The second kappa shape index (κ2) is 1.41. The molecule has 0 aromatic carbocycles. The van der Waals surface area contributed by atoms with Gasteiger partial charge in [-0.1, -0.05) is 0 Å². The van der Waals surface area contributed by atoms with E-state index in [1.54, 1.807) is 5.31 Å². The fraction of sp³-hybridized carbons (Fsp3) is 1.00. The van der Waals surface area contributed by atoms with E-state index in [1.165, 1.54) is 12.8 Å². The molecule has 1 nitrogen and oxygen atoms in total. The van der Waals surface area contributed by atoms with Gasteiger partial charge in [0.05, 0.1) is 0 Å². The van der Waals surface area contributed by atoms with E-state index in [1.807, 2.05) is 0 Å². The highest BCUT2D eigenvalue weighted by molar-refractivity contribution is 4.55. The van der Waals surface area contributed by atoms with Crippen molar-refractivity contribution in [3.05, 3.63) is 0 Å². The van der Waals surface area contributed by atoms with E-state index in [0.29, 0.717) is 0 Å². The normalized spacial score (nSPS) is 30.8. The lowest BCUT2D eigenvalue weighted by atomic mass is 10.4. The van der Waals surface area contributed by atoms with Crippen molar-refractivity contribution < 1.29 is 1.41 Å². The summed E-state index contributed by atoms with van der Waals surface area (Å²) in [5, 5.41) is 1.61. The largest absolute Gasteiger partial charge is 0.317 e. The third-order valence-corrected chi connectivity index (χ3v) is 0.882. The topological polar surface area (TPSA) is 12.0 Å². The molecule has 30 valence electrons. The molecule has 0 unspecified atom stereocenters. The maximum absolute atomic E-state index is 6.97. The summed E-state index contributed by atoms with van der Waals surface area (Å²) in [7, 11) is 0. The van der Waals surface area contributed by atoms with E-state index < -0.39 is 0 Å². The zero-order valence-electron chi connectivity index (χ0n) is 4.28. The molecule has 0 amide bonds. The molecule has 0 bridgehead atoms. The average Bonchev–Trinajstić information content (AvgIpc) is 1.86. The number of nitrogens with one attached hydrogen (secondary N) is 1. The van der Waals surface area contributed by atoms with Crippen molar-refractivity contribution in [2.45, 2.75) is 12.8 Å². The average molecular weight is 73.1 g/mol. The van der Waals surface area contributed by atoms with E-state index in [4.69, 9.17) is 1.41 Å². The standard InChI is InChI=1S/C4H9N/c1-2-4-5-3-1/h5H,1-4H2/i/hT. The summed E-state index contributed by atoms with van der Waals surface area (Å²) in [6.45, 7) is 1.97. The van der Waals surface area contributed by atoms with Crippen molar-refractivity contribution in [3.8, 4) is 0 Å². The molecule has 0 radical (unpaired) electrons. The molecule has 0 saturated carbocycles. The second-order valence-electron chi connectivity index (χ2n) is 1.38. The van der Waals surface area contributed by atoms with Crippen LogP contribution in [0.1, 0.15) is 12.8 Å². The molecule has 1 aliphatic rings. The van der Waals surface area contributed by atoms with Crippen molar-refractivity contribution in [2.75, 3.05) is 13.1 Å². The highest BCUT2D eigenvalue weighted by Gasteiger charge is 1.93. The maximum Gasteiger partial charge on any atom is 0.122 e. The van der Waals surface area contributed by atoms with Crippen LogP contribution in [0.4, 0.5) is 0 Å². The minimum absolute atomic E-state index is 0.986. The van der Waals surface area contributed by atoms with E-state index >= 15 is 0 Å². The Morgan fingerprint density at radius 1 is 1.40 bits per heavy atom. The van der Waals surface area contributed by atoms with Crippen LogP contribution in [0.2, 0.25) is 1.41 Å². The summed E-state index contributed by atoms with van der Waals surface area (Å²) in [5.41, 5.74) is 0. The van der Waals surface area contributed by atoms with Crippen molar-refractivity contribution in [3.63, 3.8) is 0 Å². The van der Waals surface area contributed by atoms with Gasteiger partial charge in [0, 0.05) is 0 Å². The highest BCUT2D eigenvalue weighted by Crippen LogP contribution is 1.90. The van der Waals surface area contributed by atoms with Gasteiger partial charge in [0.1, 0.15) is 1.41 Å². The number of rotatable bonds is 0. The van der Waals surface area contributed by atoms with E-state index in [-0.39, 0.29) is 0 Å². The third kappa shape index (κ3) is 0.618. The lowest BCUT2D eigenvalue weighted by Crippen LogP contribution is -2.03. The predicted molar refractivity (Wildman–Crippen MR) is 22.1 cm³/mol. The molecule has 1 aliphatic heterocycles. The summed E-state index contributed by atoms with van der Waals surface area (Å²) in [6, 6.07) is 0. The smallest absolute Gasteiger partial charge is 0.122 e. The van der Waals surface area contributed by atoms with Gasteiger partial charge in [-0.25, -0.2) is 0 Å². The Morgan fingerprint density at radius 2 is 2.00 bits per heavy atom. The molecule has 1 heterocycles. The first-order valence-electron chi connectivity index (χ1n) is 2.58. The molecular formula is C4H9N. The first-order chi connectivity index (χ1) is 2.89. The Bertz CT molecular complexity index is 40.8. The third-order valence-electron chi connectivity index (χ3n) is 0.882. The summed E-state index contributed by atoms with van der Waals surface area (Å²) < 4.78 is 6.97. The summed E-state index contributed by atoms with van der Waals surface area (Å²) in [4.78, 5) is 0. The fourth-order valence-corrected chi connectivity index (χ4v) is 0.559. The van der Waals surface area contributed by atoms with Crippen molar-refractivity contribution in [2.24, 2.45) is 0 Å². The monoisotopic (exact) mass is 73.1 g/mol. The van der Waals surface area contributed by atoms with Crippen LogP contribution < -0.4 is 5.31 Å². The van der Waals surface area contributed by atoms with Gasteiger partial charge in [-0.05, 0) is 25.9 Å². The van der Waals surface area contributed by atoms with Crippen LogP contribution in [-0.2, 0) is 0 Å². The molecule has 1 rings (SSSR count). The van der Waals surface area contributed by atoms with Crippen LogP contribution in [0, 0.1) is 0 Å². The fourth-order valence-electron chi connectivity index (χ4n) is 0.559. The van der Waals surface area contributed by atoms with E-state index in [2.05, 4.69) is 0 Å². The minimum atomic E-state index is 0.986. The predicted octanol–water partition coefficient (Wildman–Crippen LogP) is 0.370. The minimum Gasteiger partial charge on any atom is -0.317 e. The van der Waals surface area contributed by atoms with Crippen LogP contribution in [0.3, 0.4) is 0 Å². The first-order valence-corrected chi connectivity index (χ1v) is 2.13. The van der Waals surface area contributed by atoms with Crippen LogP contribution in [0.5, 0.6) is 0 Å². The Labute approximate surface area is 33.8 Å². The molecule has 0 aliphatic carbocycles. The molecular weight excluding hydrogens is 62.1 g/mol. The van der Waals surface area contributed by atoms with Gasteiger partial charge in [0.15, 0.2) is 0 Å². The van der Waals surface area contributed by atoms with Gasteiger partial charge >= 0.3 is 0 Å². The Kier molecular flexibility index (Phi) is 0.618. The van der Waals surface area contributed by atoms with Gasteiger partial charge in [0.2, 0.25) is 0 Å².